The fraction of sp³-hybridized carbons (Fsp3) is 0.118. The lowest BCUT2D eigenvalue weighted by Crippen LogP contribution is -2.11. The van der Waals surface area contributed by atoms with Crippen molar-refractivity contribution >= 4 is 27.6 Å². The second kappa shape index (κ2) is 5.76. The molecule has 1 aliphatic rings. The number of imidazole rings is 1. The Morgan fingerprint density at radius 2 is 2.25 bits per heavy atom. The van der Waals surface area contributed by atoms with Gasteiger partial charge in [-0.25, -0.2) is 9.98 Å². The standard InChI is InChI=1S/C17H12BrN3O3/c1-10(22)24-17-16-19-6-7-21(16)13-5-4-11(18)9-12(13)15(20-17)14-3-2-8-23-14/h2-9,17H,1H3. The number of aromatic nitrogens is 2. The summed E-state index contributed by atoms with van der Waals surface area (Å²) in [6.07, 6.45) is 4.22. The van der Waals surface area contributed by atoms with Crippen molar-refractivity contribution < 1.29 is 13.9 Å². The molecule has 1 aliphatic heterocycles. The molecule has 24 heavy (non-hydrogen) atoms. The second-order valence-electron chi connectivity index (χ2n) is 5.23. The van der Waals surface area contributed by atoms with E-state index in [9.17, 15) is 4.79 Å². The van der Waals surface area contributed by atoms with E-state index < -0.39 is 12.2 Å². The van der Waals surface area contributed by atoms with E-state index >= 15 is 0 Å². The van der Waals surface area contributed by atoms with Crippen LogP contribution in [0.5, 0.6) is 0 Å². The molecule has 3 aromatic rings. The molecule has 4 rings (SSSR count). The fourth-order valence-electron chi connectivity index (χ4n) is 2.70. The largest absolute Gasteiger partial charge is 0.463 e. The van der Waals surface area contributed by atoms with Crippen LogP contribution in [0.4, 0.5) is 0 Å². The summed E-state index contributed by atoms with van der Waals surface area (Å²) < 4.78 is 13.7. The maximum absolute atomic E-state index is 11.5. The van der Waals surface area contributed by atoms with Crippen LogP contribution in [-0.2, 0) is 9.53 Å². The van der Waals surface area contributed by atoms with Gasteiger partial charge < -0.3 is 9.15 Å². The number of carbonyl (C=O) groups excluding carboxylic acids is 1. The summed E-state index contributed by atoms with van der Waals surface area (Å²) in [5.74, 6) is 0.705. The Bertz CT molecular complexity index is 944. The Labute approximate surface area is 145 Å². The smallest absolute Gasteiger partial charge is 0.304 e. The molecule has 1 unspecified atom stereocenters. The molecule has 6 nitrogen and oxygen atoms in total. The maximum Gasteiger partial charge on any atom is 0.304 e. The van der Waals surface area contributed by atoms with Gasteiger partial charge in [-0.2, -0.15) is 0 Å². The van der Waals surface area contributed by atoms with Gasteiger partial charge in [0.05, 0.1) is 12.0 Å². The third kappa shape index (κ3) is 2.46. The lowest BCUT2D eigenvalue weighted by Gasteiger charge is -2.12. The fourth-order valence-corrected chi connectivity index (χ4v) is 3.06. The molecule has 3 heterocycles. The molecule has 1 aromatic carbocycles. The van der Waals surface area contributed by atoms with E-state index in [1.54, 1.807) is 18.5 Å². The number of benzene rings is 1. The molecule has 7 heteroatoms. The number of carbonyl (C=O) groups is 1. The first-order chi connectivity index (χ1) is 11.6. The second-order valence-corrected chi connectivity index (χ2v) is 6.15. The third-order valence-electron chi connectivity index (χ3n) is 3.64. The normalized spacial score (nSPS) is 15.9. The predicted molar refractivity (Wildman–Crippen MR) is 90.1 cm³/mol. The molecule has 0 bridgehead atoms. The summed E-state index contributed by atoms with van der Waals surface area (Å²) in [6.45, 7) is 1.35. The molecule has 1 atom stereocenters. The van der Waals surface area contributed by atoms with Gasteiger partial charge in [0.2, 0.25) is 0 Å². The van der Waals surface area contributed by atoms with Crippen molar-refractivity contribution in [2.24, 2.45) is 4.99 Å². The lowest BCUT2D eigenvalue weighted by atomic mass is 10.1. The number of ether oxygens (including phenoxy) is 1. The number of hydrogen-bond donors (Lipinski definition) is 0. The molecule has 0 amide bonds. The van der Waals surface area contributed by atoms with Crippen molar-refractivity contribution in [3.05, 3.63) is 70.6 Å². The van der Waals surface area contributed by atoms with Gasteiger partial charge in [0.1, 0.15) is 5.71 Å². The van der Waals surface area contributed by atoms with Gasteiger partial charge in [0.25, 0.3) is 6.23 Å². The predicted octanol–water partition coefficient (Wildman–Crippen LogP) is 3.64. The van der Waals surface area contributed by atoms with Crippen LogP contribution in [0, 0.1) is 0 Å². The van der Waals surface area contributed by atoms with Gasteiger partial charge in [-0.15, -0.1) is 0 Å². The Morgan fingerprint density at radius 3 is 3.00 bits per heavy atom. The van der Waals surface area contributed by atoms with Gasteiger partial charge in [-0.3, -0.25) is 9.36 Å². The van der Waals surface area contributed by atoms with Gasteiger partial charge >= 0.3 is 5.97 Å². The van der Waals surface area contributed by atoms with E-state index in [4.69, 9.17) is 9.15 Å². The molecular weight excluding hydrogens is 374 g/mol. The van der Waals surface area contributed by atoms with E-state index in [1.165, 1.54) is 6.92 Å². The number of halogens is 1. The molecule has 0 N–H and O–H groups in total. The quantitative estimate of drug-likeness (QED) is 0.631. The highest BCUT2D eigenvalue weighted by molar-refractivity contribution is 9.10. The Kier molecular flexibility index (Phi) is 3.57. The summed E-state index contributed by atoms with van der Waals surface area (Å²) in [4.78, 5) is 20.5. The Morgan fingerprint density at radius 1 is 1.38 bits per heavy atom. The number of esters is 1. The van der Waals surface area contributed by atoms with Crippen molar-refractivity contribution in [2.75, 3.05) is 0 Å². The van der Waals surface area contributed by atoms with Crippen molar-refractivity contribution in [3.8, 4) is 5.69 Å². The first-order valence-corrected chi connectivity index (χ1v) is 8.05. The average Bonchev–Trinajstić information content (AvgIpc) is 3.21. The van der Waals surface area contributed by atoms with Crippen LogP contribution in [0.3, 0.4) is 0 Å². The number of fused-ring (bicyclic) bond motifs is 3. The first kappa shape index (κ1) is 14.9. The molecule has 0 radical (unpaired) electrons. The maximum atomic E-state index is 11.5. The number of hydrogen-bond acceptors (Lipinski definition) is 5. The minimum absolute atomic E-state index is 0.427. The van der Waals surface area contributed by atoms with Crippen LogP contribution in [0.25, 0.3) is 5.69 Å². The van der Waals surface area contributed by atoms with Crippen molar-refractivity contribution in [1.82, 2.24) is 9.55 Å². The van der Waals surface area contributed by atoms with Gasteiger partial charge in [0, 0.05) is 29.4 Å². The summed E-state index contributed by atoms with van der Waals surface area (Å²) in [5.41, 5.74) is 2.34. The molecule has 0 saturated carbocycles. The van der Waals surface area contributed by atoms with E-state index in [1.807, 2.05) is 35.0 Å². The van der Waals surface area contributed by atoms with Crippen LogP contribution in [0.2, 0.25) is 0 Å². The van der Waals surface area contributed by atoms with Crippen molar-refractivity contribution in [3.63, 3.8) is 0 Å². The average molecular weight is 386 g/mol. The lowest BCUT2D eigenvalue weighted by molar-refractivity contribution is -0.146. The highest BCUT2D eigenvalue weighted by Gasteiger charge is 2.28. The minimum Gasteiger partial charge on any atom is -0.463 e. The molecule has 2 aromatic heterocycles. The minimum atomic E-state index is -0.844. The Hall–Kier alpha value is -2.67. The van der Waals surface area contributed by atoms with Crippen molar-refractivity contribution in [1.29, 1.82) is 0 Å². The molecule has 0 aliphatic carbocycles. The topological polar surface area (TPSA) is 69.6 Å². The molecule has 0 saturated heterocycles. The monoisotopic (exact) mass is 385 g/mol. The summed E-state index contributed by atoms with van der Waals surface area (Å²) in [6, 6.07) is 9.46. The van der Waals surface area contributed by atoms with E-state index in [0.29, 0.717) is 17.3 Å². The summed E-state index contributed by atoms with van der Waals surface area (Å²) in [5, 5.41) is 0. The molecular formula is C17H12BrN3O3. The number of furan rings is 1. The van der Waals surface area contributed by atoms with E-state index in [2.05, 4.69) is 25.9 Å². The van der Waals surface area contributed by atoms with Gasteiger partial charge in [0.15, 0.2) is 11.6 Å². The SMILES string of the molecule is CC(=O)OC1N=C(c2ccco2)c2cc(Br)ccc2-n2ccnc21. The molecule has 0 spiro atoms. The zero-order valence-corrected chi connectivity index (χ0v) is 14.2. The highest BCUT2D eigenvalue weighted by atomic mass is 79.9. The molecule has 120 valence electrons. The summed E-state index contributed by atoms with van der Waals surface area (Å²) in [7, 11) is 0. The first-order valence-electron chi connectivity index (χ1n) is 7.26. The third-order valence-corrected chi connectivity index (χ3v) is 4.14. The van der Waals surface area contributed by atoms with Crippen LogP contribution in [0.1, 0.15) is 30.3 Å². The van der Waals surface area contributed by atoms with Gasteiger partial charge in [-0.05, 0) is 30.3 Å². The van der Waals surface area contributed by atoms with E-state index in [0.717, 1.165) is 15.7 Å². The zero-order chi connectivity index (χ0) is 16.7. The highest BCUT2D eigenvalue weighted by Crippen LogP contribution is 2.32. The zero-order valence-electron chi connectivity index (χ0n) is 12.6. The van der Waals surface area contributed by atoms with Crippen LogP contribution in [-0.4, -0.2) is 21.2 Å². The number of aliphatic imine (C=N–C) groups is 1. The van der Waals surface area contributed by atoms with Crippen LogP contribution >= 0.6 is 15.9 Å². The van der Waals surface area contributed by atoms with Crippen LogP contribution < -0.4 is 0 Å². The summed E-state index contributed by atoms with van der Waals surface area (Å²) >= 11 is 3.50. The van der Waals surface area contributed by atoms with Crippen LogP contribution in [0.15, 0.2) is 62.9 Å². The molecule has 0 fully saturated rings. The number of nitrogens with zero attached hydrogens (tertiary/aromatic N) is 3. The van der Waals surface area contributed by atoms with Gasteiger partial charge in [-0.1, -0.05) is 15.9 Å². The van der Waals surface area contributed by atoms with E-state index in [-0.39, 0.29) is 0 Å². The number of rotatable bonds is 2. The Balaban J connectivity index is 2.00. The van der Waals surface area contributed by atoms with Crippen molar-refractivity contribution in [2.45, 2.75) is 13.2 Å².